The van der Waals surface area contributed by atoms with Crippen LogP contribution < -0.4 is 11.1 Å². The zero-order valence-corrected chi connectivity index (χ0v) is 10.3. The predicted molar refractivity (Wildman–Crippen MR) is 71.1 cm³/mol. The van der Waals surface area contributed by atoms with Crippen LogP contribution in [0.25, 0.3) is 0 Å². The molecule has 0 saturated heterocycles. The molecule has 0 bridgehead atoms. The van der Waals surface area contributed by atoms with Gasteiger partial charge in [-0.2, -0.15) is 0 Å². The van der Waals surface area contributed by atoms with Crippen molar-refractivity contribution < 1.29 is 4.79 Å². The lowest BCUT2D eigenvalue weighted by molar-refractivity contribution is 0.102. The average Bonchev–Trinajstić information content (AvgIpc) is 2.74. The van der Waals surface area contributed by atoms with E-state index < -0.39 is 0 Å². The maximum Gasteiger partial charge on any atom is 0.257 e. The maximum atomic E-state index is 11.9. The summed E-state index contributed by atoms with van der Waals surface area (Å²) in [6.07, 6.45) is 1.48. The van der Waals surface area contributed by atoms with Crippen molar-refractivity contribution in [3.05, 3.63) is 40.4 Å². The van der Waals surface area contributed by atoms with Crippen molar-refractivity contribution in [2.75, 3.05) is 11.1 Å². The SMILES string of the molecule is Cc1cc(N=O)ccc1C(=O)Nc1ncc(N)s1. The first-order valence-electron chi connectivity index (χ1n) is 5.07. The Morgan fingerprint density at radius 3 is 2.83 bits per heavy atom. The summed E-state index contributed by atoms with van der Waals surface area (Å²) in [6, 6.07) is 4.60. The molecule has 18 heavy (non-hydrogen) atoms. The van der Waals surface area contributed by atoms with E-state index in [1.807, 2.05) is 0 Å². The van der Waals surface area contributed by atoms with Crippen molar-refractivity contribution in [1.82, 2.24) is 4.98 Å². The molecular weight excluding hydrogens is 252 g/mol. The lowest BCUT2D eigenvalue weighted by Crippen LogP contribution is -2.12. The Morgan fingerprint density at radius 2 is 2.28 bits per heavy atom. The minimum Gasteiger partial charge on any atom is -0.389 e. The Bertz CT molecular complexity index is 609. The molecule has 0 saturated carbocycles. The molecule has 1 amide bonds. The number of nitrogens with zero attached hydrogens (tertiary/aromatic N) is 2. The molecule has 2 rings (SSSR count). The third-order valence-electron chi connectivity index (χ3n) is 2.30. The Morgan fingerprint density at radius 1 is 1.50 bits per heavy atom. The van der Waals surface area contributed by atoms with Gasteiger partial charge in [-0.05, 0) is 35.9 Å². The summed E-state index contributed by atoms with van der Waals surface area (Å²) in [5.41, 5.74) is 6.96. The molecule has 92 valence electrons. The molecule has 0 aliphatic rings. The summed E-state index contributed by atoms with van der Waals surface area (Å²) in [5.74, 6) is -0.292. The summed E-state index contributed by atoms with van der Waals surface area (Å²) in [5, 5.41) is 6.42. The van der Waals surface area contributed by atoms with E-state index in [0.29, 0.717) is 26.9 Å². The molecule has 0 aliphatic heterocycles. The van der Waals surface area contributed by atoms with Crippen molar-refractivity contribution in [3.8, 4) is 0 Å². The number of aryl methyl sites for hydroxylation is 1. The van der Waals surface area contributed by atoms with E-state index in [2.05, 4.69) is 15.5 Å². The minimum atomic E-state index is -0.292. The zero-order valence-electron chi connectivity index (χ0n) is 9.51. The summed E-state index contributed by atoms with van der Waals surface area (Å²) in [4.78, 5) is 26.2. The van der Waals surface area contributed by atoms with Crippen LogP contribution in [0.4, 0.5) is 15.8 Å². The molecule has 1 aromatic carbocycles. The van der Waals surface area contributed by atoms with Crippen molar-refractivity contribution in [2.45, 2.75) is 6.92 Å². The molecule has 1 heterocycles. The van der Waals surface area contributed by atoms with Gasteiger partial charge in [-0.25, -0.2) is 4.98 Å². The van der Waals surface area contributed by atoms with E-state index in [1.54, 1.807) is 19.1 Å². The summed E-state index contributed by atoms with van der Waals surface area (Å²) < 4.78 is 0. The monoisotopic (exact) mass is 262 g/mol. The molecule has 0 fully saturated rings. The minimum absolute atomic E-state index is 0.292. The molecule has 0 spiro atoms. The maximum absolute atomic E-state index is 11.9. The number of amides is 1. The van der Waals surface area contributed by atoms with Crippen LogP contribution >= 0.6 is 11.3 Å². The van der Waals surface area contributed by atoms with Crippen LogP contribution in [0.15, 0.2) is 29.6 Å². The highest BCUT2D eigenvalue weighted by Crippen LogP contribution is 2.22. The number of anilines is 2. The summed E-state index contributed by atoms with van der Waals surface area (Å²) >= 11 is 1.19. The quantitative estimate of drug-likeness (QED) is 0.831. The molecule has 3 N–H and O–H groups in total. The third kappa shape index (κ3) is 2.51. The molecule has 7 heteroatoms. The normalized spacial score (nSPS) is 10.1. The Kier molecular flexibility index (Phi) is 3.33. The fourth-order valence-electron chi connectivity index (χ4n) is 1.47. The highest BCUT2D eigenvalue weighted by atomic mass is 32.1. The standard InChI is InChI=1S/C11H10N4O2S/c1-6-4-7(15-17)2-3-8(6)10(16)14-11-13-5-9(12)18-11/h2-5H,12H2,1H3,(H,13,14,16). The number of nitrogens with one attached hydrogen (secondary N) is 1. The van der Waals surface area contributed by atoms with E-state index >= 15 is 0 Å². The molecule has 0 unspecified atom stereocenters. The van der Waals surface area contributed by atoms with Gasteiger partial charge in [0.05, 0.1) is 6.20 Å². The van der Waals surface area contributed by atoms with Crippen LogP contribution in [0, 0.1) is 11.8 Å². The van der Waals surface area contributed by atoms with Crippen LogP contribution in [-0.2, 0) is 0 Å². The largest absolute Gasteiger partial charge is 0.389 e. The highest BCUT2D eigenvalue weighted by molar-refractivity contribution is 7.19. The molecule has 6 nitrogen and oxygen atoms in total. The van der Waals surface area contributed by atoms with Gasteiger partial charge < -0.3 is 5.73 Å². The summed E-state index contributed by atoms with van der Waals surface area (Å²) in [6.45, 7) is 1.74. The topological polar surface area (TPSA) is 97.4 Å². The third-order valence-corrected chi connectivity index (χ3v) is 3.05. The fourth-order valence-corrected chi connectivity index (χ4v) is 2.05. The fraction of sp³-hybridized carbons (Fsp3) is 0.0909. The molecule has 0 atom stereocenters. The van der Waals surface area contributed by atoms with E-state index in [1.165, 1.54) is 23.6 Å². The number of hydrogen-bond donors (Lipinski definition) is 2. The van der Waals surface area contributed by atoms with Crippen molar-refractivity contribution in [3.63, 3.8) is 0 Å². The van der Waals surface area contributed by atoms with Gasteiger partial charge in [0.15, 0.2) is 5.13 Å². The van der Waals surface area contributed by atoms with Crippen LogP contribution in [0.5, 0.6) is 0 Å². The molecule has 0 aliphatic carbocycles. The lowest BCUT2D eigenvalue weighted by atomic mass is 10.1. The number of thiazole rings is 1. The van der Waals surface area contributed by atoms with E-state index in [4.69, 9.17) is 5.73 Å². The number of aromatic nitrogens is 1. The van der Waals surface area contributed by atoms with Gasteiger partial charge in [-0.3, -0.25) is 10.1 Å². The summed E-state index contributed by atoms with van der Waals surface area (Å²) in [7, 11) is 0. The second kappa shape index (κ2) is 4.92. The molecule has 1 aromatic heterocycles. The first kappa shape index (κ1) is 12.2. The molecule has 0 radical (unpaired) electrons. The van der Waals surface area contributed by atoms with Gasteiger partial charge >= 0.3 is 0 Å². The van der Waals surface area contributed by atoms with Crippen molar-refractivity contribution in [2.24, 2.45) is 5.18 Å². The number of nitrogen functional groups attached to an aromatic ring is 1. The van der Waals surface area contributed by atoms with Gasteiger partial charge in [-0.1, -0.05) is 11.3 Å². The molecule has 2 aromatic rings. The zero-order chi connectivity index (χ0) is 13.1. The number of hydrogen-bond acceptors (Lipinski definition) is 6. The Labute approximate surface area is 107 Å². The van der Waals surface area contributed by atoms with Gasteiger partial charge in [0.1, 0.15) is 10.7 Å². The smallest absolute Gasteiger partial charge is 0.257 e. The van der Waals surface area contributed by atoms with Gasteiger partial charge in [0.25, 0.3) is 5.91 Å². The van der Waals surface area contributed by atoms with Crippen LogP contribution in [0.2, 0.25) is 0 Å². The van der Waals surface area contributed by atoms with Gasteiger partial charge in [0.2, 0.25) is 0 Å². The number of rotatable bonds is 3. The van der Waals surface area contributed by atoms with Crippen molar-refractivity contribution >= 4 is 33.1 Å². The second-order valence-corrected chi connectivity index (χ2v) is 4.67. The second-order valence-electron chi connectivity index (χ2n) is 3.61. The Balaban J connectivity index is 2.21. The number of nitrogens with two attached hydrogens (primary N) is 1. The first-order chi connectivity index (χ1) is 8.60. The number of carbonyl (C=O) groups excluding carboxylic acids is 1. The van der Waals surface area contributed by atoms with Crippen LogP contribution in [-0.4, -0.2) is 10.9 Å². The Hall–Kier alpha value is -2.28. The first-order valence-corrected chi connectivity index (χ1v) is 5.88. The lowest BCUT2D eigenvalue weighted by Gasteiger charge is -2.05. The highest BCUT2D eigenvalue weighted by Gasteiger charge is 2.11. The predicted octanol–water partition coefficient (Wildman–Crippen LogP) is 2.68. The van der Waals surface area contributed by atoms with E-state index in [-0.39, 0.29) is 5.91 Å². The average molecular weight is 262 g/mol. The van der Waals surface area contributed by atoms with Crippen molar-refractivity contribution in [1.29, 1.82) is 0 Å². The number of nitroso groups, excluding NO2 is 1. The van der Waals surface area contributed by atoms with E-state index in [0.717, 1.165) is 0 Å². The van der Waals surface area contributed by atoms with Gasteiger partial charge in [-0.15, -0.1) is 4.91 Å². The number of carbonyl (C=O) groups is 1. The molecular formula is C11H10N4O2S. The van der Waals surface area contributed by atoms with E-state index in [9.17, 15) is 9.70 Å². The van der Waals surface area contributed by atoms with Gasteiger partial charge in [0, 0.05) is 5.56 Å². The van der Waals surface area contributed by atoms with Crippen LogP contribution in [0.3, 0.4) is 0 Å². The number of benzene rings is 1. The van der Waals surface area contributed by atoms with Crippen LogP contribution in [0.1, 0.15) is 15.9 Å².